The van der Waals surface area contributed by atoms with Crippen LogP contribution in [0.1, 0.15) is 40.5 Å². The van der Waals surface area contributed by atoms with Gasteiger partial charge in [-0.25, -0.2) is 0 Å². The number of piperazine rings is 1. The van der Waals surface area contributed by atoms with Crippen LogP contribution in [0.5, 0.6) is 0 Å². The lowest BCUT2D eigenvalue weighted by Crippen LogP contribution is -2.55. The molecule has 3 nitrogen and oxygen atoms in total. The maximum Gasteiger partial charge on any atom is 0.0634 e. The number of nitrogens with one attached hydrogen (secondary N) is 1. The van der Waals surface area contributed by atoms with Gasteiger partial charge in [-0.1, -0.05) is 6.92 Å². The molecule has 2 atom stereocenters. The summed E-state index contributed by atoms with van der Waals surface area (Å²) < 4.78 is 5.48. The monoisotopic (exact) mass is 228 g/mol. The van der Waals surface area contributed by atoms with Crippen molar-refractivity contribution >= 4 is 0 Å². The van der Waals surface area contributed by atoms with E-state index in [1.54, 1.807) is 7.11 Å². The molecule has 0 aromatic rings. The molecule has 3 heteroatoms. The van der Waals surface area contributed by atoms with E-state index in [1.165, 1.54) is 6.42 Å². The van der Waals surface area contributed by atoms with E-state index < -0.39 is 0 Å². The summed E-state index contributed by atoms with van der Waals surface area (Å²) in [5, 5.41) is 3.55. The third-order valence-corrected chi connectivity index (χ3v) is 3.75. The highest BCUT2D eigenvalue weighted by Gasteiger charge is 2.26. The molecule has 0 aromatic heterocycles. The van der Waals surface area contributed by atoms with Gasteiger partial charge >= 0.3 is 0 Å². The van der Waals surface area contributed by atoms with Crippen LogP contribution in [0.15, 0.2) is 0 Å². The van der Waals surface area contributed by atoms with Crippen LogP contribution in [-0.4, -0.2) is 49.3 Å². The first-order chi connectivity index (χ1) is 7.48. The van der Waals surface area contributed by atoms with E-state index in [4.69, 9.17) is 4.74 Å². The van der Waals surface area contributed by atoms with E-state index in [9.17, 15) is 0 Å². The number of methoxy groups -OCH3 is 1. The predicted molar refractivity (Wildman–Crippen MR) is 68.8 cm³/mol. The Morgan fingerprint density at radius 3 is 2.69 bits per heavy atom. The Hall–Kier alpha value is -0.120. The van der Waals surface area contributed by atoms with E-state index in [-0.39, 0.29) is 5.60 Å². The van der Waals surface area contributed by atoms with E-state index in [2.05, 4.69) is 37.9 Å². The van der Waals surface area contributed by atoms with Crippen molar-refractivity contribution in [2.24, 2.45) is 0 Å². The molecule has 0 amide bonds. The van der Waals surface area contributed by atoms with Gasteiger partial charge in [0.25, 0.3) is 0 Å². The lowest BCUT2D eigenvalue weighted by molar-refractivity contribution is -0.0000905. The highest BCUT2D eigenvalue weighted by Crippen LogP contribution is 2.17. The summed E-state index contributed by atoms with van der Waals surface area (Å²) in [5.41, 5.74) is 0.00635. The molecule has 0 saturated carbocycles. The fourth-order valence-corrected chi connectivity index (χ4v) is 2.22. The third-order valence-electron chi connectivity index (χ3n) is 3.75. The molecule has 0 aromatic carbocycles. The van der Waals surface area contributed by atoms with Gasteiger partial charge in [0.1, 0.15) is 0 Å². The maximum absolute atomic E-state index is 5.48. The summed E-state index contributed by atoms with van der Waals surface area (Å²) >= 11 is 0. The Morgan fingerprint density at radius 1 is 1.44 bits per heavy atom. The second-order valence-corrected chi connectivity index (χ2v) is 5.58. The van der Waals surface area contributed by atoms with Gasteiger partial charge in [0.05, 0.1) is 5.60 Å². The van der Waals surface area contributed by atoms with Crippen LogP contribution < -0.4 is 5.32 Å². The molecule has 0 aliphatic carbocycles. The van der Waals surface area contributed by atoms with E-state index in [0.717, 1.165) is 26.1 Å². The number of ether oxygens (including phenoxy) is 1. The van der Waals surface area contributed by atoms with Crippen LogP contribution in [-0.2, 0) is 4.74 Å². The van der Waals surface area contributed by atoms with Crippen molar-refractivity contribution in [2.45, 2.75) is 58.2 Å². The Morgan fingerprint density at radius 2 is 2.12 bits per heavy atom. The van der Waals surface area contributed by atoms with Gasteiger partial charge in [0, 0.05) is 38.8 Å². The second-order valence-electron chi connectivity index (χ2n) is 5.58. The average molecular weight is 228 g/mol. The molecule has 1 aliphatic rings. The van der Waals surface area contributed by atoms with Crippen molar-refractivity contribution in [1.82, 2.24) is 10.2 Å². The summed E-state index contributed by atoms with van der Waals surface area (Å²) in [6, 6.07) is 1.32. The lowest BCUT2D eigenvalue weighted by atomic mass is 10.0. The van der Waals surface area contributed by atoms with Gasteiger partial charge in [0.15, 0.2) is 0 Å². The van der Waals surface area contributed by atoms with Crippen LogP contribution in [0.2, 0.25) is 0 Å². The van der Waals surface area contributed by atoms with Crippen molar-refractivity contribution in [2.75, 3.05) is 26.7 Å². The molecule has 1 rings (SSSR count). The number of nitrogens with zero attached hydrogens (tertiary/aromatic N) is 1. The van der Waals surface area contributed by atoms with Crippen LogP contribution in [0.4, 0.5) is 0 Å². The fraction of sp³-hybridized carbons (Fsp3) is 1.00. The highest BCUT2D eigenvalue weighted by atomic mass is 16.5. The van der Waals surface area contributed by atoms with Crippen LogP contribution >= 0.6 is 0 Å². The van der Waals surface area contributed by atoms with Gasteiger partial charge in [-0.15, -0.1) is 0 Å². The minimum absolute atomic E-state index is 0.00635. The number of rotatable bonds is 5. The molecule has 1 fully saturated rings. The normalized spacial score (nSPS) is 28.3. The fourth-order valence-electron chi connectivity index (χ4n) is 2.22. The first kappa shape index (κ1) is 13.9. The predicted octanol–water partition coefficient (Wildman–Crippen LogP) is 1.87. The molecule has 0 radical (unpaired) electrons. The van der Waals surface area contributed by atoms with Gasteiger partial charge in [0.2, 0.25) is 0 Å². The standard InChI is InChI=1S/C13H28N2O/c1-6-12-9-14-11(2)10-15(12)8-7-13(3,4)16-5/h11-12,14H,6-10H2,1-5H3. The summed E-state index contributed by atoms with van der Waals surface area (Å²) in [6.07, 6.45) is 2.33. The van der Waals surface area contributed by atoms with E-state index >= 15 is 0 Å². The zero-order valence-corrected chi connectivity index (χ0v) is 11.5. The van der Waals surface area contributed by atoms with Crippen molar-refractivity contribution in [1.29, 1.82) is 0 Å². The summed E-state index contributed by atoms with van der Waals surface area (Å²) in [7, 11) is 1.80. The molecule has 16 heavy (non-hydrogen) atoms. The molecule has 96 valence electrons. The largest absolute Gasteiger partial charge is 0.379 e. The SMILES string of the molecule is CCC1CNC(C)CN1CCC(C)(C)OC. The smallest absolute Gasteiger partial charge is 0.0634 e. The molecule has 1 saturated heterocycles. The third kappa shape index (κ3) is 4.04. The summed E-state index contributed by atoms with van der Waals surface area (Å²) in [5.74, 6) is 0. The van der Waals surface area contributed by atoms with Crippen LogP contribution in [0.25, 0.3) is 0 Å². The van der Waals surface area contributed by atoms with E-state index in [0.29, 0.717) is 12.1 Å². The molecule has 0 spiro atoms. The quantitative estimate of drug-likeness (QED) is 0.777. The topological polar surface area (TPSA) is 24.5 Å². The van der Waals surface area contributed by atoms with Gasteiger partial charge in [-0.2, -0.15) is 0 Å². The van der Waals surface area contributed by atoms with Gasteiger partial charge in [-0.3, -0.25) is 4.90 Å². The summed E-state index contributed by atoms with van der Waals surface area (Å²) in [6.45, 7) is 12.3. The van der Waals surface area contributed by atoms with Crippen LogP contribution in [0.3, 0.4) is 0 Å². The molecule has 1 aliphatic heterocycles. The Bertz CT molecular complexity index is 206. The molecular formula is C13H28N2O. The molecule has 1 N–H and O–H groups in total. The Labute approximate surface area is 101 Å². The summed E-state index contributed by atoms with van der Waals surface area (Å²) in [4.78, 5) is 2.61. The van der Waals surface area contributed by atoms with Crippen molar-refractivity contribution in [3.63, 3.8) is 0 Å². The molecule has 0 bridgehead atoms. The Kier molecular flexibility index (Phi) is 5.22. The number of hydrogen-bond acceptors (Lipinski definition) is 3. The minimum atomic E-state index is 0.00635. The highest BCUT2D eigenvalue weighted by molar-refractivity contribution is 4.84. The lowest BCUT2D eigenvalue weighted by Gasteiger charge is -2.40. The van der Waals surface area contributed by atoms with Crippen molar-refractivity contribution in [3.05, 3.63) is 0 Å². The number of hydrogen-bond donors (Lipinski definition) is 1. The van der Waals surface area contributed by atoms with E-state index in [1.807, 2.05) is 0 Å². The van der Waals surface area contributed by atoms with Crippen molar-refractivity contribution < 1.29 is 4.74 Å². The van der Waals surface area contributed by atoms with Crippen molar-refractivity contribution in [3.8, 4) is 0 Å². The van der Waals surface area contributed by atoms with Crippen LogP contribution in [0, 0.1) is 0 Å². The Balaban J connectivity index is 2.43. The first-order valence-electron chi connectivity index (χ1n) is 6.51. The van der Waals surface area contributed by atoms with Gasteiger partial charge in [-0.05, 0) is 33.6 Å². The second kappa shape index (κ2) is 5.99. The molecule has 1 heterocycles. The molecular weight excluding hydrogens is 200 g/mol. The minimum Gasteiger partial charge on any atom is -0.379 e. The zero-order valence-electron chi connectivity index (χ0n) is 11.5. The maximum atomic E-state index is 5.48. The average Bonchev–Trinajstić information content (AvgIpc) is 2.27. The van der Waals surface area contributed by atoms with Gasteiger partial charge < -0.3 is 10.1 Å². The zero-order chi connectivity index (χ0) is 12.2. The first-order valence-corrected chi connectivity index (χ1v) is 6.51. The molecule has 2 unspecified atom stereocenters.